The number of halogens is 2. The number of nitrogens with zero attached hydrogens (tertiary/aromatic N) is 1. The average Bonchev–Trinajstić information content (AvgIpc) is 2.15. The molecule has 2 rings (SSSR count). The number of fused-ring (bicyclic) bond motifs is 1. The molecule has 0 spiro atoms. The molecule has 0 aliphatic heterocycles. The van der Waals surface area contributed by atoms with Gasteiger partial charge >= 0.3 is 0 Å². The summed E-state index contributed by atoms with van der Waals surface area (Å²) >= 11 is 12.0. The molecule has 1 aromatic carbocycles. The largest absolute Gasteiger partial charge is 0.276 e. The lowest BCUT2D eigenvalue weighted by Gasteiger charge is -1.99. The molecule has 1 heterocycles. The fourth-order valence-corrected chi connectivity index (χ4v) is 1.88. The van der Waals surface area contributed by atoms with Gasteiger partial charge in [0.1, 0.15) is 7.05 Å². The maximum Gasteiger partial charge on any atom is 0.276 e. The second kappa shape index (κ2) is 3.17. The van der Waals surface area contributed by atoms with Gasteiger partial charge in [0.25, 0.3) is 5.15 Å². The van der Waals surface area contributed by atoms with Gasteiger partial charge in [-0.2, -0.15) is 4.57 Å². The molecule has 0 bridgehead atoms. The van der Waals surface area contributed by atoms with Crippen molar-refractivity contribution in [2.24, 2.45) is 7.05 Å². The zero-order valence-corrected chi connectivity index (χ0v) is 8.60. The minimum absolute atomic E-state index is 0.642. The first-order valence-electron chi connectivity index (χ1n) is 3.93. The highest BCUT2D eigenvalue weighted by Crippen LogP contribution is 2.22. The second-order valence-electron chi connectivity index (χ2n) is 2.89. The Morgan fingerprint density at radius 2 is 1.85 bits per heavy atom. The Kier molecular flexibility index (Phi) is 2.14. The summed E-state index contributed by atoms with van der Waals surface area (Å²) in [7, 11) is 1.92. The summed E-state index contributed by atoms with van der Waals surface area (Å²) in [5, 5.41) is 2.36. The van der Waals surface area contributed by atoms with Crippen molar-refractivity contribution in [3.63, 3.8) is 0 Å². The van der Waals surface area contributed by atoms with E-state index in [2.05, 4.69) is 0 Å². The molecular formula is C10H8Cl2N+. The quantitative estimate of drug-likeness (QED) is 0.467. The number of rotatable bonds is 0. The lowest BCUT2D eigenvalue weighted by Crippen LogP contribution is -2.30. The molecule has 1 aromatic heterocycles. The highest BCUT2D eigenvalue weighted by atomic mass is 35.5. The number of benzene rings is 1. The van der Waals surface area contributed by atoms with Gasteiger partial charge in [0.2, 0.25) is 5.52 Å². The number of hydrogen-bond acceptors (Lipinski definition) is 0. The van der Waals surface area contributed by atoms with Gasteiger partial charge in [-0.3, -0.25) is 0 Å². The summed E-state index contributed by atoms with van der Waals surface area (Å²) in [5.74, 6) is 0. The number of pyridine rings is 1. The smallest absolute Gasteiger partial charge is 0.184 e. The van der Waals surface area contributed by atoms with E-state index in [-0.39, 0.29) is 0 Å². The van der Waals surface area contributed by atoms with Gasteiger partial charge < -0.3 is 0 Å². The van der Waals surface area contributed by atoms with Gasteiger partial charge in [0, 0.05) is 12.1 Å². The van der Waals surface area contributed by atoms with Crippen LogP contribution in [0, 0.1) is 0 Å². The van der Waals surface area contributed by atoms with Gasteiger partial charge in [-0.05, 0) is 17.7 Å². The summed E-state index contributed by atoms with van der Waals surface area (Å²) in [6, 6.07) is 9.66. The van der Waals surface area contributed by atoms with Crippen molar-refractivity contribution in [2.45, 2.75) is 0 Å². The standard InChI is InChI=1S/C10H8Cl2N/c1-13-9-5-3-2-4-7(9)8(11)6-10(13)12/h2-6H,1H3/q+1. The van der Waals surface area contributed by atoms with Crippen LogP contribution in [-0.2, 0) is 7.05 Å². The third kappa shape index (κ3) is 1.38. The minimum Gasteiger partial charge on any atom is -0.184 e. The van der Waals surface area contributed by atoms with E-state index >= 15 is 0 Å². The Balaban J connectivity index is 2.97. The molecule has 2 aromatic rings. The molecule has 0 amide bonds. The number of aromatic nitrogens is 1. The summed E-state index contributed by atoms with van der Waals surface area (Å²) in [6.45, 7) is 0. The second-order valence-corrected chi connectivity index (χ2v) is 3.69. The van der Waals surface area contributed by atoms with Crippen LogP contribution in [0.4, 0.5) is 0 Å². The highest BCUT2D eigenvalue weighted by Gasteiger charge is 2.12. The van der Waals surface area contributed by atoms with E-state index in [1.807, 2.05) is 35.9 Å². The van der Waals surface area contributed by atoms with Gasteiger partial charge in [-0.1, -0.05) is 23.7 Å². The van der Waals surface area contributed by atoms with Crippen LogP contribution in [0.2, 0.25) is 10.2 Å². The molecule has 13 heavy (non-hydrogen) atoms. The van der Waals surface area contributed by atoms with Crippen LogP contribution in [0.5, 0.6) is 0 Å². The van der Waals surface area contributed by atoms with Gasteiger partial charge in [-0.25, -0.2) is 0 Å². The fourth-order valence-electron chi connectivity index (χ4n) is 1.36. The van der Waals surface area contributed by atoms with E-state index in [0.29, 0.717) is 10.2 Å². The molecule has 0 N–H and O–H groups in total. The van der Waals surface area contributed by atoms with Crippen molar-refractivity contribution in [3.8, 4) is 0 Å². The lowest BCUT2D eigenvalue weighted by atomic mass is 10.2. The highest BCUT2D eigenvalue weighted by molar-refractivity contribution is 6.37. The molecular weight excluding hydrogens is 205 g/mol. The number of para-hydroxylation sites is 1. The molecule has 66 valence electrons. The molecule has 0 aliphatic carbocycles. The predicted molar refractivity (Wildman–Crippen MR) is 55.1 cm³/mol. The first-order valence-corrected chi connectivity index (χ1v) is 4.68. The van der Waals surface area contributed by atoms with Crippen LogP contribution in [0.25, 0.3) is 10.9 Å². The van der Waals surface area contributed by atoms with Crippen molar-refractivity contribution in [1.29, 1.82) is 0 Å². The first-order chi connectivity index (χ1) is 6.20. The van der Waals surface area contributed by atoms with E-state index < -0.39 is 0 Å². The molecule has 0 aliphatic rings. The molecule has 1 nitrogen and oxygen atoms in total. The maximum absolute atomic E-state index is 6.04. The first kappa shape index (κ1) is 8.79. The molecule has 0 fully saturated rings. The average molecular weight is 213 g/mol. The molecule has 0 unspecified atom stereocenters. The van der Waals surface area contributed by atoms with E-state index in [4.69, 9.17) is 23.2 Å². The third-order valence-electron chi connectivity index (χ3n) is 2.09. The lowest BCUT2D eigenvalue weighted by molar-refractivity contribution is -0.642. The summed E-state index contributed by atoms with van der Waals surface area (Å²) in [6.07, 6.45) is 0. The van der Waals surface area contributed by atoms with Crippen molar-refractivity contribution in [2.75, 3.05) is 0 Å². The van der Waals surface area contributed by atoms with Gasteiger partial charge in [0.15, 0.2) is 0 Å². The number of hydrogen-bond donors (Lipinski definition) is 0. The summed E-state index contributed by atoms with van der Waals surface area (Å²) < 4.78 is 1.91. The Labute approximate surface area is 86.5 Å². The molecule has 3 heteroatoms. The zero-order valence-electron chi connectivity index (χ0n) is 7.09. The van der Waals surface area contributed by atoms with E-state index in [9.17, 15) is 0 Å². The minimum atomic E-state index is 0.642. The monoisotopic (exact) mass is 212 g/mol. The molecule has 0 atom stereocenters. The van der Waals surface area contributed by atoms with Crippen LogP contribution in [0.3, 0.4) is 0 Å². The SMILES string of the molecule is C[n+]1c(Cl)cc(Cl)c2ccccc21. The molecule has 0 saturated heterocycles. The zero-order chi connectivity index (χ0) is 9.42. The predicted octanol–water partition coefficient (Wildman–Crippen LogP) is 2.97. The van der Waals surface area contributed by atoms with Crippen molar-refractivity contribution in [1.82, 2.24) is 0 Å². The third-order valence-corrected chi connectivity index (χ3v) is 2.76. The normalized spacial score (nSPS) is 10.7. The van der Waals surface area contributed by atoms with Crippen LogP contribution in [-0.4, -0.2) is 0 Å². The van der Waals surface area contributed by atoms with Crippen molar-refractivity contribution in [3.05, 3.63) is 40.5 Å². The molecule has 0 radical (unpaired) electrons. The maximum atomic E-state index is 6.04. The van der Waals surface area contributed by atoms with E-state index in [1.54, 1.807) is 6.07 Å². The summed E-state index contributed by atoms with van der Waals surface area (Å²) in [5.41, 5.74) is 1.04. The van der Waals surface area contributed by atoms with Crippen LogP contribution in [0.15, 0.2) is 30.3 Å². The van der Waals surface area contributed by atoms with Crippen LogP contribution < -0.4 is 4.57 Å². The van der Waals surface area contributed by atoms with Crippen LogP contribution >= 0.6 is 23.2 Å². The topological polar surface area (TPSA) is 3.88 Å². The van der Waals surface area contributed by atoms with Gasteiger partial charge in [0.05, 0.1) is 10.4 Å². The fraction of sp³-hybridized carbons (Fsp3) is 0.100. The van der Waals surface area contributed by atoms with E-state index in [0.717, 1.165) is 10.9 Å². The summed E-state index contributed by atoms with van der Waals surface area (Å²) in [4.78, 5) is 0. The van der Waals surface area contributed by atoms with Gasteiger partial charge in [-0.15, -0.1) is 0 Å². The van der Waals surface area contributed by atoms with Crippen molar-refractivity contribution < 1.29 is 4.57 Å². The van der Waals surface area contributed by atoms with Crippen molar-refractivity contribution >= 4 is 34.1 Å². The Bertz CT molecular complexity index is 466. The number of aryl methyl sites for hydroxylation is 1. The Morgan fingerprint density at radius 1 is 1.15 bits per heavy atom. The molecule has 0 saturated carbocycles. The Morgan fingerprint density at radius 3 is 2.62 bits per heavy atom. The Hall–Kier alpha value is -0.790. The van der Waals surface area contributed by atoms with E-state index in [1.165, 1.54) is 0 Å². The van der Waals surface area contributed by atoms with Crippen LogP contribution in [0.1, 0.15) is 0 Å².